The Balaban J connectivity index is 1.98. The molecule has 0 radical (unpaired) electrons. The van der Waals surface area contributed by atoms with Crippen molar-refractivity contribution in [3.05, 3.63) is 58.1 Å². The molecule has 100 valence electrons. The quantitative estimate of drug-likeness (QED) is 0.820. The minimum absolute atomic E-state index is 0.525. The van der Waals surface area contributed by atoms with Crippen molar-refractivity contribution in [2.24, 2.45) is 0 Å². The van der Waals surface area contributed by atoms with E-state index in [0.717, 1.165) is 34.3 Å². The Hall–Kier alpha value is -1.48. The highest BCUT2D eigenvalue weighted by Gasteiger charge is 2.00. The Kier molecular flexibility index (Phi) is 4.86. The highest BCUT2D eigenvalue weighted by atomic mass is 79.9. The van der Waals surface area contributed by atoms with Crippen molar-refractivity contribution in [1.29, 1.82) is 0 Å². The summed E-state index contributed by atoms with van der Waals surface area (Å²) in [6, 6.07) is 14.1. The van der Waals surface area contributed by atoms with Crippen LogP contribution in [0.25, 0.3) is 0 Å². The summed E-state index contributed by atoms with van der Waals surface area (Å²) in [4.78, 5) is 0. The van der Waals surface area contributed by atoms with Crippen LogP contribution in [0.15, 0.2) is 46.9 Å². The van der Waals surface area contributed by atoms with E-state index >= 15 is 0 Å². The van der Waals surface area contributed by atoms with Crippen LogP contribution in [0.3, 0.4) is 0 Å². The number of benzene rings is 2. The maximum Gasteiger partial charge on any atom is 0.119 e. The summed E-state index contributed by atoms with van der Waals surface area (Å²) in [5, 5.41) is 0. The molecule has 0 aliphatic rings. The number of nitrogens with two attached hydrogens (primary N) is 1. The summed E-state index contributed by atoms with van der Waals surface area (Å²) >= 11 is 3.43. The molecule has 3 heteroatoms. The Bertz CT molecular complexity index is 517. The summed E-state index contributed by atoms with van der Waals surface area (Å²) in [6.45, 7) is 2.71. The van der Waals surface area contributed by atoms with Gasteiger partial charge in [-0.1, -0.05) is 41.4 Å². The van der Waals surface area contributed by atoms with Gasteiger partial charge in [0.25, 0.3) is 0 Å². The van der Waals surface area contributed by atoms with Gasteiger partial charge in [0, 0.05) is 10.2 Å². The average Bonchev–Trinajstić information content (AvgIpc) is 2.37. The molecule has 0 bridgehead atoms. The lowest BCUT2D eigenvalue weighted by Gasteiger charge is -2.08. The molecule has 0 spiro atoms. The van der Waals surface area contributed by atoms with E-state index in [1.807, 2.05) is 30.3 Å². The Morgan fingerprint density at radius 3 is 2.42 bits per heavy atom. The molecule has 19 heavy (non-hydrogen) atoms. The molecule has 2 aromatic rings. The third-order valence-electron chi connectivity index (χ3n) is 2.85. The van der Waals surface area contributed by atoms with E-state index in [-0.39, 0.29) is 0 Å². The minimum atomic E-state index is 0.525. The molecule has 0 aliphatic carbocycles. The maximum absolute atomic E-state index is 5.80. The third kappa shape index (κ3) is 4.28. The lowest BCUT2D eigenvalue weighted by Crippen LogP contribution is -1.97. The normalized spacial score (nSPS) is 10.4. The van der Waals surface area contributed by atoms with Gasteiger partial charge in [0.2, 0.25) is 0 Å². The fraction of sp³-hybridized carbons (Fsp3) is 0.250. The Morgan fingerprint density at radius 1 is 1.05 bits per heavy atom. The lowest BCUT2D eigenvalue weighted by atomic mass is 10.1. The number of rotatable bonds is 5. The molecule has 0 atom stereocenters. The first-order valence-corrected chi connectivity index (χ1v) is 7.23. The van der Waals surface area contributed by atoms with Crippen molar-refractivity contribution < 1.29 is 4.74 Å². The number of hydrogen-bond donors (Lipinski definition) is 1. The van der Waals surface area contributed by atoms with Crippen LogP contribution in [0.1, 0.15) is 24.5 Å². The second-order valence-electron chi connectivity index (χ2n) is 4.58. The Morgan fingerprint density at radius 2 is 1.79 bits per heavy atom. The van der Waals surface area contributed by atoms with Crippen LogP contribution in [-0.4, -0.2) is 0 Å². The van der Waals surface area contributed by atoms with E-state index in [9.17, 15) is 0 Å². The average molecular weight is 320 g/mol. The van der Waals surface area contributed by atoms with Crippen LogP contribution >= 0.6 is 15.9 Å². The van der Waals surface area contributed by atoms with E-state index < -0.39 is 0 Å². The highest BCUT2D eigenvalue weighted by molar-refractivity contribution is 9.10. The first-order valence-electron chi connectivity index (χ1n) is 6.44. The number of aryl methyl sites for hydroxylation is 1. The molecule has 0 aromatic heterocycles. The zero-order valence-corrected chi connectivity index (χ0v) is 12.6. The fourth-order valence-electron chi connectivity index (χ4n) is 1.97. The summed E-state index contributed by atoms with van der Waals surface area (Å²) < 4.78 is 6.74. The predicted molar refractivity (Wildman–Crippen MR) is 83.3 cm³/mol. The van der Waals surface area contributed by atoms with E-state index in [4.69, 9.17) is 10.5 Å². The number of halogens is 1. The first-order chi connectivity index (χ1) is 9.17. The van der Waals surface area contributed by atoms with Gasteiger partial charge in [-0.2, -0.15) is 0 Å². The molecule has 0 aliphatic heterocycles. The molecule has 0 saturated carbocycles. The second-order valence-corrected chi connectivity index (χ2v) is 5.49. The molecule has 2 N–H and O–H groups in total. The monoisotopic (exact) mass is 319 g/mol. The van der Waals surface area contributed by atoms with E-state index in [2.05, 4.69) is 35.0 Å². The van der Waals surface area contributed by atoms with Crippen LogP contribution in [-0.2, 0) is 13.0 Å². The van der Waals surface area contributed by atoms with Crippen LogP contribution in [0.5, 0.6) is 5.75 Å². The molecular weight excluding hydrogens is 302 g/mol. The minimum Gasteiger partial charge on any atom is -0.489 e. The standard InChI is InChI=1S/C16H18BrNO/c1-2-3-12-4-6-16(7-5-12)19-11-13-8-14(17)10-15(18)9-13/h4-10H,2-3,11,18H2,1H3. The van der Waals surface area contributed by atoms with E-state index in [1.165, 1.54) is 5.56 Å². The van der Waals surface area contributed by atoms with Gasteiger partial charge in [0.1, 0.15) is 12.4 Å². The van der Waals surface area contributed by atoms with E-state index in [0.29, 0.717) is 6.61 Å². The number of hydrogen-bond acceptors (Lipinski definition) is 2. The van der Waals surface area contributed by atoms with Gasteiger partial charge < -0.3 is 10.5 Å². The van der Waals surface area contributed by atoms with Crippen molar-refractivity contribution in [2.75, 3.05) is 5.73 Å². The van der Waals surface area contributed by atoms with Crippen molar-refractivity contribution in [3.8, 4) is 5.75 Å². The van der Waals surface area contributed by atoms with Crippen molar-refractivity contribution in [1.82, 2.24) is 0 Å². The molecule has 0 heterocycles. The van der Waals surface area contributed by atoms with Crippen LogP contribution < -0.4 is 10.5 Å². The van der Waals surface area contributed by atoms with Gasteiger partial charge in [-0.25, -0.2) is 0 Å². The summed E-state index contributed by atoms with van der Waals surface area (Å²) in [6.07, 6.45) is 2.28. The number of anilines is 1. The van der Waals surface area contributed by atoms with Crippen molar-refractivity contribution in [3.63, 3.8) is 0 Å². The van der Waals surface area contributed by atoms with Crippen LogP contribution in [0.4, 0.5) is 5.69 Å². The molecule has 2 rings (SSSR count). The zero-order chi connectivity index (χ0) is 13.7. The molecule has 2 aromatic carbocycles. The Labute approximate surface area is 122 Å². The van der Waals surface area contributed by atoms with E-state index in [1.54, 1.807) is 0 Å². The van der Waals surface area contributed by atoms with Crippen LogP contribution in [0.2, 0.25) is 0 Å². The smallest absolute Gasteiger partial charge is 0.119 e. The molecule has 0 fully saturated rings. The van der Waals surface area contributed by atoms with Crippen LogP contribution in [0, 0.1) is 0 Å². The van der Waals surface area contributed by atoms with Gasteiger partial charge in [-0.05, 0) is 47.9 Å². The van der Waals surface area contributed by atoms with Gasteiger partial charge in [0.15, 0.2) is 0 Å². The molecule has 0 saturated heterocycles. The van der Waals surface area contributed by atoms with Gasteiger partial charge in [-0.15, -0.1) is 0 Å². The molecule has 2 nitrogen and oxygen atoms in total. The van der Waals surface area contributed by atoms with Gasteiger partial charge >= 0.3 is 0 Å². The van der Waals surface area contributed by atoms with Crippen molar-refractivity contribution >= 4 is 21.6 Å². The molecule has 0 unspecified atom stereocenters. The largest absolute Gasteiger partial charge is 0.489 e. The summed E-state index contributed by atoms with van der Waals surface area (Å²) in [5.74, 6) is 0.887. The van der Waals surface area contributed by atoms with Crippen molar-refractivity contribution in [2.45, 2.75) is 26.4 Å². The third-order valence-corrected chi connectivity index (χ3v) is 3.31. The number of ether oxygens (including phenoxy) is 1. The second kappa shape index (κ2) is 6.62. The summed E-state index contributed by atoms with van der Waals surface area (Å²) in [5.41, 5.74) is 8.95. The highest BCUT2D eigenvalue weighted by Crippen LogP contribution is 2.20. The topological polar surface area (TPSA) is 35.2 Å². The number of nitrogen functional groups attached to an aromatic ring is 1. The summed E-state index contributed by atoms with van der Waals surface area (Å²) in [7, 11) is 0. The van der Waals surface area contributed by atoms with Gasteiger partial charge in [0.05, 0.1) is 0 Å². The predicted octanol–water partition coefficient (Wildman–Crippen LogP) is 4.56. The lowest BCUT2D eigenvalue weighted by molar-refractivity contribution is 0.306. The zero-order valence-electron chi connectivity index (χ0n) is 11.0. The maximum atomic E-state index is 5.80. The first kappa shape index (κ1) is 13.9. The van der Waals surface area contributed by atoms with Gasteiger partial charge in [-0.3, -0.25) is 0 Å². The molecule has 0 amide bonds. The molecular formula is C16H18BrNO. The SMILES string of the molecule is CCCc1ccc(OCc2cc(N)cc(Br)c2)cc1. The fourth-order valence-corrected chi connectivity index (χ4v) is 2.52.